The number of hydrazine groups is 1. The van der Waals surface area contributed by atoms with Gasteiger partial charge in [0.2, 0.25) is 5.91 Å². The van der Waals surface area contributed by atoms with E-state index in [1.807, 2.05) is 0 Å². The molecule has 30 heavy (non-hydrogen) atoms. The molecular weight excluding hydrogens is 456 g/mol. The van der Waals surface area contributed by atoms with Crippen molar-refractivity contribution in [3.63, 3.8) is 0 Å². The van der Waals surface area contributed by atoms with Gasteiger partial charge in [0.25, 0.3) is 0 Å². The Morgan fingerprint density at radius 2 is 1.70 bits per heavy atom. The van der Waals surface area contributed by atoms with Gasteiger partial charge in [-0.15, -0.1) is 0 Å². The van der Waals surface area contributed by atoms with Crippen LogP contribution < -0.4 is 5.43 Å². The van der Waals surface area contributed by atoms with Gasteiger partial charge in [-0.3, -0.25) is 14.4 Å². The Morgan fingerprint density at radius 1 is 1.10 bits per heavy atom. The average Bonchev–Trinajstić information content (AvgIpc) is 2.75. The van der Waals surface area contributed by atoms with E-state index >= 15 is 0 Å². The van der Waals surface area contributed by atoms with Crippen LogP contribution in [0, 0.1) is 11.8 Å². The van der Waals surface area contributed by atoms with Crippen LogP contribution in [0.1, 0.15) is 49.9 Å². The summed E-state index contributed by atoms with van der Waals surface area (Å²) in [5.74, 6) is -2.54. The minimum Gasteiger partial charge on any atom is -0.457 e. The topological polar surface area (TPSA) is 102 Å². The van der Waals surface area contributed by atoms with Crippen LogP contribution >= 0.6 is 15.9 Å². The summed E-state index contributed by atoms with van der Waals surface area (Å²) in [4.78, 5) is 49.7. The highest BCUT2D eigenvalue weighted by atomic mass is 79.9. The predicted molar refractivity (Wildman–Crippen MR) is 112 cm³/mol. The van der Waals surface area contributed by atoms with Gasteiger partial charge in [0.05, 0.1) is 18.9 Å². The first-order chi connectivity index (χ1) is 14.2. The van der Waals surface area contributed by atoms with Gasteiger partial charge in [0.15, 0.2) is 12.4 Å². The van der Waals surface area contributed by atoms with Crippen molar-refractivity contribution in [2.24, 2.45) is 11.8 Å². The number of ketones is 1. The van der Waals surface area contributed by atoms with E-state index in [1.54, 1.807) is 38.1 Å². The number of amides is 2. The molecule has 2 rings (SSSR count). The Morgan fingerprint density at radius 3 is 2.27 bits per heavy atom. The Bertz CT molecular complexity index is 780. The van der Waals surface area contributed by atoms with Crippen LogP contribution in [0.2, 0.25) is 0 Å². The first kappa shape index (κ1) is 23.9. The van der Waals surface area contributed by atoms with E-state index in [2.05, 4.69) is 26.1 Å². The van der Waals surface area contributed by atoms with E-state index in [1.165, 1.54) is 12.1 Å². The van der Waals surface area contributed by atoms with Crippen LogP contribution in [0.3, 0.4) is 0 Å². The smallest absolute Gasteiger partial charge is 0.425 e. The van der Waals surface area contributed by atoms with Crippen LogP contribution in [0.4, 0.5) is 4.79 Å². The Balaban J connectivity index is 2.05. The molecule has 0 aliphatic heterocycles. The number of Topliss-reactive ketones (excluding diaryl/α,β-unsaturated/α-hetero) is 1. The van der Waals surface area contributed by atoms with Crippen molar-refractivity contribution in [2.75, 3.05) is 13.7 Å². The molecule has 0 aromatic heterocycles. The van der Waals surface area contributed by atoms with Crippen LogP contribution in [0.25, 0.3) is 0 Å². The second-order valence-electron chi connectivity index (χ2n) is 7.44. The number of hydrogen-bond donors (Lipinski definition) is 1. The summed E-state index contributed by atoms with van der Waals surface area (Å²) in [5.41, 5.74) is 2.85. The lowest BCUT2D eigenvalue weighted by Crippen LogP contribution is -2.54. The zero-order valence-corrected chi connectivity index (χ0v) is 18.9. The molecule has 1 aliphatic rings. The molecule has 0 spiro atoms. The third-order valence-corrected chi connectivity index (χ3v) is 5.58. The third kappa shape index (κ3) is 6.29. The van der Waals surface area contributed by atoms with Gasteiger partial charge in [-0.1, -0.05) is 40.9 Å². The van der Waals surface area contributed by atoms with Crippen molar-refractivity contribution >= 4 is 39.7 Å². The molecule has 1 aromatic rings. The zero-order valence-electron chi connectivity index (χ0n) is 17.4. The van der Waals surface area contributed by atoms with E-state index in [0.717, 1.165) is 17.3 Å². The number of hydrogen-bond acceptors (Lipinski definition) is 6. The third-order valence-electron chi connectivity index (χ3n) is 5.05. The second kappa shape index (κ2) is 11.1. The van der Waals surface area contributed by atoms with Crippen molar-refractivity contribution in [3.8, 4) is 0 Å². The summed E-state index contributed by atoms with van der Waals surface area (Å²) >= 11 is 3.30. The van der Waals surface area contributed by atoms with E-state index < -0.39 is 23.9 Å². The van der Waals surface area contributed by atoms with Crippen LogP contribution in [-0.4, -0.2) is 48.5 Å². The molecule has 164 valence electrons. The number of carbonyl (C=O) groups is 4. The van der Waals surface area contributed by atoms with Crippen LogP contribution in [0.15, 0.2) is 28.7 Å². The SMILES string of the molecule is COC(=O)NN(C(=O)C1CCCC[C@@H]1C(=O)OCC(=O)c1ccc(Br)cc1)C(C)C. The first-order valence-electron chi connectivity index (χ1n) is 9.87. The summed E-state index contributed by atoms with van der Waals surface area (Å²) in [6.45, 7) is 3.12. The van der Waals surface area contributed by atoms with Crippen molar-refractivity contribution in [3.05, 3.63) is 34.3 Å². The monoisotopic (exact) mass is 482 g/mol. The summed E-state index contributed by atoms with van der Waals surface area (Å²) < 4.78 is 10.7. The predicted octanol–water partition coefficient (Wildman–Crippen LogP) is 3.49. The van der Waals surface area contributed by atoms with Crippen molar-refractivity contribution in [1.82, 2.24) is 10.4 Å². The second-order valence-corrected chi connectivity index (χ2v) is 8.36. The molecule has 1 aliphatic carbocycles. The Labute approximate surface area is 184 Å². The van der Waals surface area contributed by atoms with Crippen LogP contribution in [-0.2, 0) is 19.1 Å². The van der Waals surface area contributed by atoms with E-state index in [0.29, 0.717) is 18.4 Å². The molecule has 1 aromatic carbocycles. The number of nitrogens with one attached hydrogen (secondary N) is 1. The molecule has 2 atom stereocenters. The summed E-state index contributed by atoms with van der Waals surface area (Å²) in [7, 11) is 1.21. The Kier molecular flexibility index (Phi) is 8.83. The van der Waals surface area contributed by atoms with Gasteiger partial charge in [-0.25, -0.2) is 15.2 Å². The number of ether oxygens (including phenoxy) is 2. The van der Waals surface area contributed by atoms with Gasteiger partial charge in [-0.05, 0) is 38.8 Å². The minimum absolute atomic E-state index is 0.314. The molecule has 0 saturated heterocycles. The van der Waals surface area contributed by atoms with Gasteiger partial charge in [-0.2, -0.15) is 0 Å². The van der Waals surface area contributed by atoms with Crippen LogP contribution in [0.5, 0.6) is 0 Å². The average molecular weight is 483 g/mol. The number of esters is 1. The summed E-state index contributed by atoms with van der Waals surface area (Å²) in [6.07, 6.45) is 1.82. The number of halogens is 1. The molecule has 1 fully saturated rings. The molecule has 1 saturated carbocycles. The van der Waals surface area contributed by atoms with Gasteiger partial charge >= 0.3 is 12.1 Å². The number of nitrogens with zero attached hydrogens (tertiary/aromatic N) is 1. The number of benzene rings is 1. The van der Waals surface area contributed by atoms with Gasteiger partial charge in [0.1, 0.15) is 0 Å². The highest BCUT2D eigenvalue weighted by Crippen LogP contribution is 2.32. The van der Waals surface area contributed by atoms with E-state index in [9.17, 15) is 19.2 Å². The van der Waals surface area contributed by atoms with Gasteiger partial charge in [0, 0.05) is 16.1 Å². The molecule has 0 radical (unpaired) electrons. The highest BCUT2D eigenvalue weighted by molar-refractivity contribution is 9.10. The quantitative estimate of drug-likeness (QED) is 0.378. The fraction of sp³-hybridized carbons (Fsp3) is 0.524. The fourth-order valence-electron chi connectivity index (χ4n) is 3.43. The van der Waals surface area contributed by atoms with Gasteiger partial charge < -0.3 is 9.47 Å². The van der Waals surface area contributed by atoms with E-state index in [-0.39, 0.29) is 24.3 Å². The lowest BCUT2D eigenvalue weighted by atomic mass is 9.78. The molecule has 1 N–H and O–H groups in total. The standard InChI is InChI=1S/C21H27BrN2O6/c1-13(2)24(23-21(28)29-3)19(26)16-6-4-5-7-17(16)20(27)30-12-18(25)14-8-10-15(22)11-9-14/h8-11,13,16-17H,4-7,12H2,1-3H3,(H,23,28)/t16?,17-/m0/s1. The maximum Gasteiger partial charge on any atom is 0.425 e. The largest absolute Gasteiger partial charge is 0.457 e. The molecule has 2 amide bonds. The van der Waals surface area contributed by atoms with Crippen molar-refractivity contribution in [1.29, 1.82) is 0 Å². The normalized spacial score (nSPS) is 18.4. The highest BCUT2D eigenvalue weighted by Gasteiger charge is 2.40. The lowest BCUT2D eigenvalue weighted by molar-refractivity contribution is -0.158. The fourth-order valence-corrected chi connectivity index (χ4v) is 3.70. The van der Waals surface area contributed by atoms with Crippen molar-refractivity contribution < 1.29 is 28.7 Å². The lowest BCUT2D eigenvalue weighted by Gasteiger charge is -2.35. The van der Waals surface area contributed by atoms with Crippen molar-refractivity contribution in [2.45, 2.75) is 45.6 Å². The maximum absolute atomic E-state index is 13.1. The first-order valence-corrected chi connectivity index (χ1v) is 10.7. The molecular formula is C21H27BrN2O6. The molecule has 1 unspecified atom stereocenters. The Hall–Kier alpha value is -2.42. The number of methoxy groups -OCH3 is 1. The number of rotatable bonds is 6. The molecule has 0 heterocycles. The summed E-state index contributed by atoms with van der Waals surface area (Å²) in [6, 6.07) is 6.44. The molecule has 0 bridgehead atoms. The number of carbonyl (C=O) groups excluding carboxylic acids is 4. The minimum atomic E-state index is -0.757. The zero-order chi connectivity index (χ0) is 22.3. The molecule has 9 heteroatoms. The van der Waals surface area contributed by atoms with E-state index in [4.69, 9.17) is 4.74 Å². The summed E-state index contributed by atoms with van der Waals surface area (Å²) in [5, 5.41) is 1.19. The molecule has 8 nitrogen and oxygen atoms in total. The maximum atomic E-state index is 13.1.